The van der Waals surface area contributed by atoms with E-state index in [0.29, 0.717) is 0 Å². The number of epoxide rings is 1. The summed E-state index contributed by atoms with van der Waals surface area (Å²) in [5, 5.41) is 0. The van der Waals surface area contributed by atoms with E-state index in [1.807, 2.05) is 6.92 Å². The fourth-order valence-electron chi connectivity index (χ4n) is 0.114. The van der Waals surface area contributed by atoms with Crippen molar-refractivity contribution in [2.45, 2.75) is 12.6 Å². The first-order valence-corrected chi connectivity index (χ1v) is 1.64. The third-order valence-corrected chi connectivity index (χ3v) is 0.600. The molecule has 0 amide bonds. The first kappa shape index (κ1) is 3.12. The maximum Gasteiger partial charge on any atom is 0.137 e. The molecule has 0 saturated carbocycles. The Kier molecular flexibility index (Phi) is 0.333. The van der Waals surface area contributed by atoms with Crippen LogP contribution in [0, 0.1) is 0 Å². The van der Waals surface area contributed by atoms with E-state index in [1.54, 1.807) is 0 Å². The van der Waals surface area contributed by atoms with Crippen LogP contribution in [-0.2, 0) is 4.74 Å². The van der Waals surface area contributed by atoms with Crippen molar-refractivity contribution in [1.29, 1.82) is 0 Å². The van der Waals surface area contributed by atoms with Crippen molar-refractivity contribution in [3.63, 3.8) is 0 Å². The first-order chi connectivity index (χ1) is 2.21. The molecule has 0 aromatic rings. The summed E-state index contributed by atoms with van der Waals surface area (Å²) in [5.74, 6) is 0. The van der Waals surface area contributed by atoms with Crippen molar-refractivity contribution in [1.82, 2.24) is 0 Å². The monoisotopic (exact) mass is 73.1 g/mol. The van der Waals surface area contributed by atoms with Gasteiger partial charge in [-0.2, -0.15) is 0 Å². The molecule has 0 aromatic heterocycles. The molecule has 2 nitrogen and oxygen atoms in total. The molecule has 5 heavy (non-hydrogen) atoms. The van der Waals surface area contributed by atoms with Crippen molar-refractivity contribution in [3.05, 3.63) is 0 Å². The molecule has 0 aliphatic carbocycles. The number of ether oxygens (including phenoxy) is 1. The summed E-state index contributed by atoms with van der Waals surface area (Å²) in [6.45, 7) is 2.58. The number of hydrogen-bond donors (Lipinski definition) is 1. The average molecular weight is 73.1 g/mol. The van der Waals surface area contributed by atoms with E-state index in [9.17, 15) is 0 Å². The maximum absolute atomic E-state index is 5.24. The highest BCUT2D eigenvalue weighted by atomic mass is 16.6. The molecule has 0 unspecified atom stereocenters. The predicted octanol–water partition coefficient (Wildman–Crippen LogP) is -0.308. The van der Waals surface area contributed by atoms with E-state index < -0.39 is 0 Å². The zero-order valence-corrected chi connectivity index (χ0v) is 3.19. The number of rotatable bonds is 0. The smallest absolute Gasteiger partial charge is 0.137 e. The van der Waals surface area contributed by atoms with Crippen LogP contribution < -0.4 is 5.73 Å². The topological polar surface area (TPSA) is 38.5 Å². The van der Waals surface area contributed by atoms with Crippen LogP contribution in [0.25, 0.3) is 0 Å². The second-order valence-corrected chi connectivity index (χ2v) is 1.60. The lowest BCUT2D eigenvalue weighted by atomic mass is 10.4. The molecule has 0 spiro atoms. The zero-order valence-electron chi connectivity index (χ0n) is 3.19. The summed E-state index contributed by atoms with van der Waals surface area (Å²) in [5.41, 5.74) is 4.99. The van der Waals surface area contributed by atoms with Gasteiger partial charge in [-0.1, -0.05) is 0 Å². The normalized spacial score (nSPS) is 49.2. The van der Waals surface area contributed by atoms with Crippen molar-refractivity contribution >= 4 is 0 Å². The quantitative estimate of drug-likeness (QED) is 0.399. The van der Waals surface area contributed by atoms with E-state index in [0.717, 1.165) is 6.61 Å². The second kappa shape index (κ2) is 0.533. The third-order valence-electron chi connectivity index (χ3n) is 0.600. The van der Waals surface area contributed by atoms with Gasteiger partial charge >= 0.3 is 0 Å². The Morgan fingerprint density at radius 3 is 2.20 bits per heavy atom. The number of nitrogens with two attached hydrogens (primary N) is 1. The highest BCUT2D eigenvalue weighted by Crippen LogP contribution is 2.16. The van der Waals surface area contributed by atoms with Crippen molar-refractivity contribution in [3.8, 4) is 0 Å². The van der Waals surface area contributed by atoms with Gasteiger partial charge in [-0.05, 0) is 6.92 Å². The molecule has 0 bridgehead atoms. The van der Waals surface area contributed by atoms with Gasteiger partial charge in [-0.3, -0.25) is 0 Å². The SMILES string of the molecule is C[C@]1(N)CO1. The van der Waals surface area contributed by atoms with Gasteiger partial charge < -0.3 is 10.5 Å². The zero-order chi connectivity index (χ0) is 3.91. The Labute approximate surface area is 30.9 Å². The summed E-state index contributed by atoms with van der Waals surface area (Å²) >= 11 is 0. The fraction of sp³-hybridized carbons (Fsp3) is 1.00. The molecule has 2 N–H and O–H groups in total. The molecule has 1 aliphatic rings. The maximum atomic E-state index is 5.24. The van der Waals surface area contributed by atoms with Crippen molar-refractivity contribution in [2.24, 2.45) is 5.73 Å². The summed E-state index contributed by atoms with van der Waals surface area (Å²) in [6.07, 6.45) is 0. The lowest BCUT2D eigenvalue weighted by Crippen LogP contribution is -2.17. The Morgan fingerprint density at radius 1 is 2.00 bits per heavy atom. The van der Waals surface area contributed by atoms with Gasteiger partial charge in [0.2, 0.25) is 0 Å². The van der Waals surface area contributed by atoms with Crippen LogP contribution in [0.3, 0.4) is 0 Å². The van der Waals surface area contributed by atoms with E-state index in [2.05, 4.69) is 4.74 Å². The molecule has 1 fully saturated rings. The van der Waals surface area contributed by atoms with Crippen LogP contribution >= 0.6 is 0 Å². The average Bonchev–Trinajstić information content (AvgIpc) is 1.76. The predicted molar refractivity (Wildman–Crippen MR) is 18.5 cm³/mol. The van der Waals surface area contributed by atoms with Gasteiger partial charge in [0.05, 0.1) is 6.61 Å². The molecule has 1 aliphatic heterocycles. The van der Waals surface area contributed by atoms with Gasteiger partial charge in [0.1, 0.15) is 5.72 Å². The van der Waals surface area contributed by atoms with Crippen molar-refractivity contribution < 1.29 is 4.74 Å². The minimum Gasteiger partial charge on any atom is -0.354 e. The third kappa shape index (κ3) is 0.597. The summed E-state index contributed by atoms with van der Waals surface area (Å²) in [7, 11) is 0. The fourth-order valence-corrected chi connectivity index (χ4v) is 0.114. The van der Waals surface area contributed by atoms with Gasteiger partial charge in [-0.15, -0.1) is 0 Å². The standard InChI is InChI=1S/C3H7NO/c1-3(4)2-5-3/h2,4H2,1H3/t3-/m1/s1. The molecular formula is C3H7NO. The van der Waals surface area contributed by atoms with Gasteiger partial charge in [0, 0.05) is 0 Å². The molecular weight excluding hydrogens is 66.0 g/mol. The van der Waals surface area contributed by atoms with E-state index in [-0.39, 0.29) is 5.72 Å². The summed E-state index contributed by atoms with van der Waals surface area (Å²) in [6, 6.07) is 0. The van der Waals surface area contributed by atoms with Crippen molar-refractivity contribution in [2.75, 3.05) is 6.61 Å². The number of hydrogen-bond acceptors (Lipinski definition) is 2. The molecule has 0 aromatic carbocycles. The Morgan fingerprint density at radius 2 is 2.20 bits per heavy atom. The minimum atomic E-state index is -0.250. The summed E-state index contributed by atoms with van der Waals surface area (Å²) in [4.78, 5) is 0. The Balaban J connectivity index is 2.38. The Bertz CT molecular complexity index is 44.9. The first-order valence-electron chi connectivity index (χ1n) is 1.64. The largest absolute Gasteiger partial charge is 0.354 e. The van der Waals surface area contributed by atoms with E-state index >= 15 is 0 Å². The van der Waals surface area contributed by atoms with E-state index in [4.69, 9.17) is 5.73 Å². The highest BCUT2D eigenvalue weighted by Gasteiger charge is 2.33. The van der Waals surface area contributed by atoms with Crippen LogP contribution in [-0.4, -0.2) is 12.3 Å². The molecule has 1 saturated heterocycles. The van der Waals surface area contributed by atoms with Crippen LogP contribution in [0.15, 0.2) is 0 Å². The molecule has 30 valence electrons. The van der Waals surface area contributed by atoms with E-state index in [1.165, 1.54) is 0 Å². The van der Waals surface area contributed by atoms with Crippen LogP contribution in [0.1, 0.15) is 6.92 Å². The van der Waals surface area contributed by atoms with Gasteiger partial charge in [0.25, 0.3) is 0 Å². The van der Waals surface area contributed by atoms with Crippen LogP contribution in [0.4, 0.5) is 0 Å². The second-order valence-electron chi connectivity index (χ2n) is 1.60. The lowest BCUT2D eigenvalue weighted by molar-refractivity contribution is 0.331. The molecule has 2 heteroatoms. The van der Waals surface area contributed by atoms with Gasteiger partial charge in [0.15, 0.2) is 0 Å². The molecule has 0 radical (unpaired) electrons. The molecule has 1 atom stereocenters. The minimum absolute atomic E-state index is 0.250. The van der Waals surface area contributed by atoms with Crippen LogP contribution in [0.5, 0.6) is 0 Å². The highest BCUT2D eigenvalue weighted by molar-refractivity contribution is 4.77. The molecule has 1 rings (SSSR count). The Hall–Kier alpha value is -0.0800. The lowest BCUT2D eigenvalue weighted by Gasteiger charge is -1.83. The summed E-state index contributed by atoms with van der Waals surface area (Å²) < 4.78 is 4.67. The van der Waals surface area contributed by atoms with Gasteiger partial charge in [-0.25, -0.2) is 0 Å². The molecule has 1 heterocycles. The van der Waals surface area contributed by atoms with Crippen LogP contribution in [0.2, 0.25) is 0 Å².